The number of H-pyrrole nitrogens is 1. The Bertz CT molecular complexity index is 1320. The summed E-state index contributed by atoms with van der Waals surface area (Å²) in [6, 6.07) is 8.97. The first kappa shape index (κ1) is 17.6. The van der Waals surface area contributed by atoms with E-state index >= 15 is 0 Å². The van der Waals surface area contributed by atoms with Crippen LogP contribution in [0.15, 0.2) is 59.5 Å². The van der Waals surface area contributed by atoms with Gasteiger partial charge in [-0.3, -0.25) is 4.68 Å². The molecule has 144 valence electrons. The molecule has 0 saturated carbocycles. The average molecular weight is 407 g/mol. The molecule has 9 heteroatoms. The number of aryl methyl sites for hydroxylation is 1. The maximum Gasteiger partial charge on any atom is 0.250 e. The minimum Gasteiger partial charge on any atom is -0.417 e. The molecule has 8 nitrogen and oxygen atoms in total. The molecular formula is C20H15ClN6O2. The highest BCUT2D eigenvalue weighted by molar-refractivity contribution is 6.31. The average Bonchev–Trinajstić information content (AvgIpc) is 3.46. The predicted molar refractivity (Wildman–Crippen MR) is 107 cm³/mol. The van der Waals surface area contributed by atoms with Crippen LogP contribution in [0.5, 0.6) is 0 Å². The number of rotatable bonds is 4. The van der Waals surface area contributed by atoms with E-state index in [0.29, 0.717) is 21.8 Å². The van der Waals surface area contributed by atoms with Crippen molar-refractivity contribution in [1.82, 2.24) is 29.9 Å². The fourth-order valence-corrected chi connectivity index (χ4v) is 3.43. The molecule has 0 unspecified atom stereocenters. The third kappa shape index (κ3) is 3.08. The summed E-state index contributed by atoms with van der Waals surface area (Å²) in [7, 11) is 1.86. The lowest BCUT2D eigenvalue weighted by atomic mass is 10.1. The molecule has 0 radical (unpaired) electrons. The van der Waals surface area contributed by atoms with Crippen LogP contribution in [-0.4, -0.2) is 35.1 Å². The van der Waals surface area contributed by atoms with E-state index in [9.17, 15) is 5.11 Å². The van der Waals surface area contributed by atoms with E-state index in [1.807, 2.05) is 19.3 Å². The highest BCUT2D eigenvalue weighted by Crippen LogP contribution is 2.33. The van der Waals surface area contributed by atoms with Crippen LogP contribution in [0.1, 0.15) is 17.6 Å². The third-order valence-electron chi connectivity index (χ3n) is 4.67. The van der Waals surface area contributed by atoms with Gasteiger partial charge in [0.25, 0.3) is 0 Å². The Morgan fingerprint density at radius 2 is 2.03 bits per heavy atom. The molecule has 0 aliphatic carbocycles. The van der Waals surface area contributed by atoms with E-state index < -0.39 is 6.10 Å². The Kier molecular flexibility index (Phi) is 4.15. The first-order valence-electron chi connectivity index (χ1n) is 8.82. The van der Waals surface area contributed by atoms with E-state index in [0.717, 1.165) is 16.5 Å². The third-order valence-corrected chi connectivity index (χ3v) is 5.02. The van der Waals surface area contributed by atoms with Crippen molar-refractivity contribution in [1.29, 1.82) is 0 Å². The number of nitrogens with zero attached hydrogens (tertiary/aromatic N) is 5. The number of fused-ring (bicyclic) bond motifs is 1. The molecule has 0 saturated heterocycles. The molecule has 0 amide bonds. The van der Waals surface area contributed by atoms with Gasteiger partial charge >= 0.3 is 0 Å². The first-order chi connectivity index (χ1) is 14.1. The minimum absolute atomic E-state index is 0.0684. The Morgan fingerprint density at radius 1 is 1.17 bits per heavy atom. The molecule has 0 bridgehead atoms. The fourth-order valence-electron chi connectivity index (χ4n) is 3.19. The van der Waals surface area contributed by atoms with E-state index in [4.69, 9.17) is 16.0 Å². The highest BCUT2D eigenvalue weighted by Gasteiger charge is 2.22. The van der Waals surface area contributed by atoms with Crippen molar-refractivity contribution >= 4 is 22.6 Å². The van der Waals surface area contributed by atoms with Crippen molar-refractivity contribution in [3.05, 3.63) is 71.6 Å². The number of halogens is 1. The van der Waals surface area contributed by atoms with Crippen molar-refractivity contribution < 1.29 is 9.52 Å². The standard InChI is InChI=1S/C20H15ClN6O2/c1-27-10-12(8-24-27)11-6-14-15(9-23-18(14)22-7-11)19-25-26-20(29-19)17(28)13-4-2-3-5-16(13)21/h2-10,17,28H,1H3,(H,22,23)/t17-/m0/s1. The monoisotopic (exact) mass is 406 g/mol. The number of benzene rings is 1. The number of nitrogens with one attached hydrogen (secondary N) is 1. The van der Waals surface area contributed by atoms with Crippen LogP contribution >= 0.6 is 11.6 Å². The van der Waals surface area contributed by atoms with Gasteiger partial charge in [0.05, 0.1) is 11.8 Å². The molecule has 4 aromatic heterocycles. The van der Waals surface area contributed by atoms with Crippen molar-refractivity contribution in [3.63, 3.8) is 0 Å². The number of aromatic nitrogens is 6. The van der Waals surface area contributed by atoms with Gasteiger partial charge in [-0.1, -0.05) is 29.8 Å². The zero-order valence-electron chi connectivity index (χ0n) is 15.2. The number of hydrogen-bond donors (Lipinski definition) is 2. The summed E-state index contributed by atoms with van der Waals surface area (Å²) in [5.41, 5.74) is 3.77. The molecule has 0 spiro atoms. The van der Waals surface area contributed by atoms with Gasteiger partial charge in [-0.15, -0.1) is 10.2 Å². The smallest absolute Gasteiger partial charge is 0.250 e. The number of aliphatic hydroxyl groups is 1. The van der Waals surface area contributed by atoms with Crippen LogP contribution < -0.4 is 0 Å². The molecule has 0 aliphatic heterocycles. The molecule has 1 atom stereocenters. The Morgan fingerprint density at radius 3 is 2.83 bits per heavy atom. The second-order valence-electron chi connectivity index (χ2n) is 6.59. The molecule has 0 fully saturated rings. The summed E-state index contributed by atoms with van der Waals surface area (Å²) < 4.78 is 7.50. The van der Waals surface area contributed by atoms with Crippen molar-refractivity contribution in [2.45, 2.75) is 6.10 Å². The fraction of sp³-hybridized carbons (Fsp3) is 0.100. The van der Waals surface area contributed by atoms with Gasteiger partial charge in [-0.05, 0) is 12.1 Å². The van der Waals surface area contributed by atoms with Crippen molar-refractivity contribution in [2.75, 3.05) is 0 Å². The van der Waals surface area contributed by atoms with Gasteiger partial charge in [0.1, 0.15) is 5.65 Å². The molecule has 4 heterocycles. The molecule has 1 aromatic carbocycles. The van der Waals surface area contributed by atoms with E-state index in [2.05, 4.69) is 25.3 Å². The summed E-state index contributed by atoms with van der Waals surface area (Å²) >= 11 is 6.16. The van der Waals surface area contributed by atoms with E-state index in [1.165, 1.54) is 0 Å². The zero-order valence-corrected chi connectivity index (χ0v) is 16.0. The SMILES string of the molecule is Cn1cc(-c2cnc3[nH]cc(-c4nnc([C@@H](O)c5ccccc5Cl)o4)c3c2)cn1. The van der Waals surface area contributed by atoms with Gasteiger partial charge in [-0.2, -0.15) is 5.10 Å². The van der Waals surface area contributed by atoms with E-state index in [1.54, 1.807) is 47.5 Å². The molecule has 5 rings (SSSR count). The predicted octanol–water partition coefficient (Wildman–Crippen LogP) is 3.75. The summed E-state index contributed by atoms with van der Waals surface area (Å²) in [6.07, 6.45) is 6.11. The largest absolute Gasteiger partial charge is 0.417 e. The van der Waals surface area contributed by atoms with E-state index in [-0.39, 0.29) is 11.8 Å². The molecule has 29 heavy (non-hydrogen) atoms. The normalized spacial score (nSPS) is 12.5. The number of pyridine rings is 1. The molecular weight excluding hydrogens is 392 g/mol. The lowest BCUT2D eigenvalue weighted by Gasteiger charge is -2.07. The van der Waals surface area contributed by atoms with Gasteiger partial charge < -0.3 is 14.5 Å². The van der Waals surface area contributed by atoms with Gasteiger partial charge in [-0.25, -0.2) is 4.98 Å². The minimum atomic E-state index is -1.11. The van der Waals surface area contributed by atoms with Crippen LogP contribution in [-0.2, 0) is 7.05 Å². The second-order valence-corrected chi connectivity index (χ2v) is 7.00. The van der Waals surface area contributed by atoms with Gasteiger partial charge in [0.2, 0.25) is 11.8 Å². The summed E-state index contributed by atoms with van der Waals surface area (Å²) in [4.78, 5) is 7.57. The number of hydrogen-bond acceptors (Lipinski definition) is 6. The van der Waals surface area contributed by atoms with Crippen molar-refractivity contribution in [3.8, 4) is 22.6 Å². The van der Waals surface area contributed by atoms with Gasteiger partial charge in [0, 0.05) is 52.7 Å². The summed E-state index contributed by atoms with van der Waals surface area (Å²) in [5, 5.41) is 24.2. The quantitative estimate of drug-likeness (QED) is 0.471. The maximum absolute atomic E-state index is 10.6. The van der Waals surface area contributed by atoms with Crippen LogP contribution in [0.25, 0.3) is 33.6 Å². The maximum atomic E-state index is 10.6. The Labute approximate surface area is 169 Å². The zero-order chi connectivity index (χ0) is 20.0. The molecule has 5 aromatic rings. The Balaban J connectivity index is 1.54. The lowest BCUT2D eigenvalue weighted by Crippen LogP contribution is -2.00. The number of aromatic amines is 1. The Hall–Kier alpha value is -3.49. The topological polar surface area (TPSA) is 106 Å². The van der Waals surface area contributed by atoms with Crippen LogP contribution in [0.4, 0.5) is 0 Å². The van der Waals surface area contributed by atoms with Crippen molar-refractivity contribution in [2.24, 2.45) is 7.05 Å². The van der Waals surface area contributed by atoms with Crippen LogP contribution in [0.2, 0.25) is 5.02 Å². The summed E-state index contributed by atoms with van der Waals surface area (Å²) in [5.74, 6) is 0.348. The number of aliphatic hydroxyl groups excluding tert-OH is 1. The molecule has 0 aliphatic rings. The first-order valence-corrected chi connectivity index (χ1v) is 9.20. The van der Waals surface area contributed by atoms with Crippen LogP contribution in [0, 0.1) is 0 Å². The van der Waals surface area contributed by atoms with Crippen LogP contribution in [0.3, 0.4) is 0 Å². The second kappa shape index (κ2) is 6.84. The highest BCUT2D eigenvalue weighted by atomic mass is 35.5. The molecule has 2 N–H and O–H groups in total. The lowest BCUT2D eigenvalue weighted by molar-refractivity contribution is 0.183. The summed E-state index contributed by atoms with van der Waals surface area (Å²) in [6.45, 7) is 0. The van der Waals surface area contributed by atoms with Gasteiger partial charge in [0.15, 0.2) is 6.10 Å².